The number of nitrogens with one attached hydrogen (secondary N) is 2. The van der Waals surface area contributed by atoms with Gasteiger partial charge in [0.1, 0.15) is 0 Å². The van der Waals surface area contributed by atoms with Crippen LogP contribution in [0.2, 0.25) is 0 Å². The van der Waals surface area contributed by atoms with Crippen molar-refractivity contribution in [2.75, 3.05) is 31.4 Å². The van der Waals surface area contributed by atoms with Crippen LogP contribution in [0.15, 0.2) is 42.5 Å². The van der Waals surface area contributed by atoms with E-state index in [4.69, 9.17) is 9.47 Å². The number of carbonyl (C=O) groups is 1. The van der Waals surface area contributed by atoms with Crippen molar-refractivity contribution in [1.82, 2.24) is 0 Å². The third kappa shape index (κ3) is 4.66. The van der Waals surface area contributed by atoms with Crippen LogP contribution in [0.1, 0.15) is 18.4 Å². The van der Waals surface area contributed by atoms with Crippen molar-refractivity contribution in [1.29, 1.82) is 0 Å². The molecule has 0 heterocycles. The van der Waals surface area contributed by atoms with E-state index in [-0.39, 0.29) is 11.8 Å². The zero-order valence-corrected chi connectivity index (χ0v) is 14.7. The minimum Gasteiger partial charge on any atom is -0.493 e. The molecule has 3 rings (SSSR count). The molecule has 0 spiro atoms. The average molecular weight is 340 g/mol. The number of rotatable bonds is 8. The summed E-state index contributed by atoms with van der Waals surface area (Å²) in [6.07, 6.45) is 2.91. The molecule has 2 aromatic rings. The lowest BCUT2D eigenvalue weighted by molar-refractivity contribution is -0.117. The lowest BCUT2D eigenvalue weighted by Gasteiger charge is -2.11. The van der Waals surface area contributed by atoms with Gasteiger partial charge >= 0.3 is 0 Å². The Morgan fingerprint density at radius 3 is 2.32 bits per heavy atom. The summed E-state index contributed by atoms with van der Waals surface area (Å²) >= 11 is 0. The Hall–Kier alpha value is -2.69. The molecular formula is C20H24N2O3. The van der Waals surface area contributed by atoms with E-state index in [2.05, 4.69) is 10.6 Å². The van der Waals surface area contributed by atoms with Crippen molar-refractivity contribution in [3.05, 3.63) is 48.0 Å². The maximum atomic E-state index is 11.7. The van der Waals surface area contributed by atoms with Gasteiger partial charge in [0.25, 0.3) is 0 Å². The third-order valence-corrected chi connectivity index (χ3v) is 4.29. The monoisotopic (exact) mass is 340 g/mol. The van der Waals surface area contributed by atoms with Crippen molar-refractivity contribution in [2.45, 2.75) is 19.3 Å². The molecule has 25 heavy (non-hydrogen) atoms. The summed E-state index contributed by atoms with van der Waals surface area (Å²) in [6, 6.07) is 13.8. The van der Waals surface area contributed by atoms with Crippen molar-refractivity contribution in [2.24, 2.45) is 5.92 Å². The molecule has 5 heteroatoms. The molecule has 1 aliphatic rings. The number of amides is 1. The number of hydrogen-bond donors (Lipinski definition) is 2. The van der Waals surface area contributed by atoms with E-state index in [1.165, 1.54) is 5.56 Å². The highest BCUT2D eigenvalue weighted by molar-refractivity contribution is 5.94. The van der Waals surface area contributed by atoms with Crippen LogP contribution in [-0.4, -0.2) is 26.7 Å². The molecular weight excluding hydrogens is 316 g/mol. The Kier molecular flexibility index (Phi) is 5.43. The molecule has 1 fully saturated rings. The Labute approximate surface area is 148 Å². The standard InChI is InChI=1S/C20H24N2O3/c1-24-18-10-3-14(13-19(18)25-2)11-12-21-16-6-8-17(9-7-16)22-20(23)15-4-5-15/h3,6-10,13,15,21H,4-5,11-12H2,1-2H3,(H,22,23). The summed E-state index contributed by atoms with van der Waals surface area (Å²) in [6.45, 7) is 0.809. The Balaban J connectivity index is 1.49. The Morgan fingerprint density at radius 1 is 1.00 bits per heavy atom. The average Bonchev–Trinajstić information content (AvgIpc) is 3.48. The highest BCUT2D eigenvalue weighted by atomic mass is 16.5. The van der Waals surface area contributed by atoms with Gasteiger partial charge in [-0.3, -0.25) is 4.79 Å². The fourth-order valence-electron chi connectivity index (χ4n) is 2.65. The first-order valence-corrected chi connectivity index (χ1v) is 8.55. The molecule has 132 valence electrons. The molecule has 2 N–H and O–H groups in total. The van der Waals surface area contributed by atoms with Crippen molar-refractivity contribution in [3.8, 4) is 11.5 Å². The maximum Gasteiger partial charge on any atom is 0.227 e. The van der Waals surface area contributed by atoms with Gasteiger partial charge in [-0.1, -0.05) is 6.07 Å². The normalized spacial score (nSPS) is 13.2. The second-order valence-electron chi connectivity index (χ2n) is 6.21. The first-order valence-electron chi connectivity index (χ1n) is 8.55. The number of methoxy groups -OCH3 is 2. The molecule has 0 atom stereocenters. The van der Waals surface area contributed by atoms with Crippen LogP contribution in [0.25, 0.3) is 0 Å². The zero-order valence-electron chi connectivity index (χ0n) is 14.7. The van der Waals surface area contributed by atoms with Crippen LogP contribution in [-0.2, 0) is 11.2 Å². The molecule has 0 aromatic heterocycles. The van der Waals surface area contributed by atoms with Crippen LogP contribution >= 0.6 is 0 Å². The summed E-state index contributed by atoms with van der Waals surface area (Å²) in [5, 5.41) is 6.33. The summed E-state index contributed by atoms with van der Waals surface area (Å²) in [7, 11) is 3.28. The molecule has 0 unspecified atom stereocenters. The largest absolute Gasteiger partial charge is 0.493 e. The van der Waals surface area contributed by atoms with E-state index < -0.39 is 0 Å². The zero-order chi connectivity index (χ0) is 17.6. The van der Waals surface area contributed by atoms with Crippen molar-refractivity contribution >= 4 is 17.3 Å². The highest BCUT2D eigenvalue weighted by Crippen LogP contribution is 2.30. The van der Waals surface area contributed by atoms with Crippen LogP contribution < -0.4 is 20.1 Å². The molecule has 0 radical (unpaired) electrons. The minimum absolute atomic E-state index is 0.133. The molecule has 0 bridgehead atoms. The lowest BCUT2D eigenvalue weighted by atomic mass is 10.1. The van der Waals surface area contributed by atoms with Crippen molar-refractivity contribution < 1.29 is 14.3 Å². The first kappa shape index (κ1) is 17.1. The second-order valence-corrected chi connectivity index (χ2v) is 6.21. The maximum absolute atomic E-state index is 11.7. The predicted octanol–water partition coefficient (Wildman–Crippen LogP) is 3.71. The van der Waals surface area contributed by atoms with Gasteiger partial charge in [-0.2, -0.15) is 0 Å². The molecule has 1 aliphatic carbocycles. The fourth-order valence-corrected chi connectivity index (χ4v) is 2.65. The fraction of sp³-hybridized carbons (Fsp3) is 0.350. The SMILES string of the molecule is COc1ccc(CCNc2ccc(NC(=O)C3CC3)cc2)cc1OC. The second kappa shape index (κ2) is 7.92. The van der Waals surface area contributed by atoms with E-state index in [1.807, 2.05) is 42.5 Å². The first-order chi connectivity index (χ1) is 12.2. The van der Waals surface area contributed by atoms with Crippen LogP contribution in [0.5, 0.6) is 11.5 Å². The van der Waals surface area contributed by atoms with Crippen molar-refractivity contribution in [3.63, 3.8) is 0 Å². The summed E-state index contributed by atoms with van der Waals surface area (Å²) in [5.74, 6) is 1.84. The minimum atomic E-state index is 0.133. The molecule has 5 nitrogen and oxygen atoms in total. The molecule has 0 saturated heterocycles. The van der Waals surface area contributed by atoms with Gasteiger partial charge < -0.3 is 20.1 Å². The number of benzene rings is 2. The summed E-state index contributed by atoms with van der Waals surface area (Å²) in [5.41, 5.74) is 3.06. The molecule has 1 saturated carbocycles. The van der Waals surface area contributed by atoms with Crippen LogP contribution in [0.3, 0.4) is 0 Å². The number of carbonyl (C=O) groups excluding carboxylic acids is 1. The van der Waals surface area contributed by atoms with Gasteiger partial charge in [-0.15, -0.1) is 0 Å². The highest BCUT2D eigenvalue weighted by Gasteiger charge is 2.29. The van der Waals surface area contributed by atoms with Gasteiger partial charge in [0.2, 0.25) is 5.91 Å². The Morgan fingerprint density at radius 2 is 1.68 bits per heavy atom. The van der Waals surface area contributed by atoms with E-state index in [0.29, 0.717) is 0 Å². The van der Waals surface area contributed by atoms with Gasteiger partial charge in [0.15, 0.2) is 11.5 Å². The predicted molar refractivity (Wildman–Crippen MR) is 99.5 cm³/mol. The van der Waals surface area contributed by atoms with E-state index in [1.54, 1.807) is 14.2 Å². The van der Waals surface area contributed by atoms with E-state index in [0.717, 1.165) is 48.7 Å². The Bertz CT molecular complexity index is 724. The number of ether oxygens (including phenoxy) is 2. The van der Waals surface area contributed by atoms with Crippen LogP contribution in [0.4, 0.5) is 11.4 Å². The topological polar surface area (TPSA) is 59.6 Å². The van der Waals surface area contributed by atoms with Gasteiger partial charge in [-0.05, 0) is 61.2 Å². The lowest BCUT2D eigenvalue weighted by Crippen LogP contribution is -2.13. The quantitative estimate of drug-likeness (QED) is 0.769. The number of anilines is 2. The van der Waals surface area contributed by atoms with E-state index >= 15 is 0 Å². The number of hydrogen-bond acceptors (Lipinski definition) is 4. The van der Waals surface area contributed by atoms with E-state index in [9.17, 15) is 4.79 Å². The third-order valence-electron chi connectivity index (χ3n) is 4.29. The molecule has 0 aliphatic heterocycles. The summed E-state index contributed by atoms with van der Waals surface area (Å²) < 4.78 is 10.6. The van der Waals surface area contributed by atoms with Gasteiger partial charge in [0.05, 0.1) is 14.2 Å². The summed E-state index contributed by atoms with van der Waals surface area (Å²) in [4.78, 5) is 11.7. The smallest absolute Gasteiger partial charge is 0.227 e. The van der Waals surface area contributed by atoms with Gasteiger partial charge in [-0.25, -0.2) is 0 Å². The van der Waals surface area contributed by atoms with Crippen LogP contribution in [0, 0.1) is 5.92 Å². The van der Waals surface area contributed by atoms with Gasteiger partial charge in [0, 0.05) is 23.8 Å². The molecule has 1 amide bonds. The molecule has 2 aromatic carbocycles.